The van der Waals surface area contributed by atoms with Crippen molar-refractivity contribution in [2.24, 2.45) is 10.9 Å². The Balaban J connectivity index is 2.06. The van der Waals surface area contributed by atoms with Crippen LogP contribution in [0.25, 0.3) is 10.2 Å². The number of fused-ring (bicyclic) bond motifs is 1. The highest BCUT2D eigenvalue weighted by Gasteiger charge is 2.25. The van der Waals surface area contributed by atoms with E-state index in [2.05, 4.69) is 10.9 Å². The summed E-state index contributed by atoms with van der Waals surface area (Å²) in [4.78, 5) is 28.9. The molecule has 1 heterocycles. The van der Waals surface area contributed by atoms with Crippen molar-refractivity contribution < 1.29 is 14.3 Å². The van der Waals surface area contributed by atoms with Crippen LogP contribution in [0, 0.1) is 18.3 Å². The molecule has 0 N–H and O–H groups in total. The van der Waals surface area contributed by atoms with Gasteiger partial charge in [-0.15, -0.1) is 6.42 Å². The van der Waals surface area contributed by atoms with E-state index in [0.717, 1.165) is 29.5 Å². The number of carbonyl (C=O) groups excluding carboxylic acids is 2. The predicted octanol–water partition coefficient (Wildman–Crippen LogP) is 2.74. The minimum atomic E-state index is -0.361. The molecule has 0 saturated heterocycles. The van der Waals surface area contributed by atoms with Gasteiger partial charge >= 0.3 is 5.97 Å². The molecule has 1 aliphatic carbocycles. The molecule has 5 nitrogen and oxygen atoms in total. The maximum atomic E-state index is 12.2. The smallest absolute Gasteiger partial charge is 0.338 e. The van der Waals surface area contributed by atoms with Gasteiger partial charge in [-0.1, -0.05) is 23.7 Å². The van der Waals surface area contributed by atoms with Gasteiger partial charge in [0.2, 0.25) is 0 Å². The van der Waals surface area contributed by atoms with E-state index in [-0.39, 0.29) is 17.8 Å². The van der Waals surface area contributed by atoms with E-state index in [9.17, 15) is 9.59 Å². The van der Waals surface area contributed by atoms with Crippen molar-refractivity contribution in [1.29, 1.82) is 0 Å². The fourth-order valence-electron chi connectivity index (χ4n) is 2.58. The number of hydrogen-bond acceptors (Lipinski definition) is 4. The number of hydrogen-bond donors (Lipinski definition) is 0. The molecule has 1 saturated carbocycles. The van der Waals surface area contributed by atoms with Crippen LogP contribution in [0.15, 0.2) is 23.2 Å². The van der Waals surface area contributed by atoms with Crippen molar-refractivity contribution in [3.8, 4) is 12.3 Å². The van der Waals surface area contributed by atoms with Crippen molar-refractivity contribution in [1.82, 2.24) is 4.57 Å². The fraction of sp³-hybridized carbons (Fsp3) is 0.389. The number of amides is 1. The Bertz CT molecular complexity index is 897. The van der Waals surface area contributed by atoms with Crippen LogP contribution in [0.5, 0.6) is 0 Å². The Morgan fingerprint density at radius 3 is 2.88 bits per heavy atom. The third-order valence-electron chi connectivity index (χ3n) is 4.10. The number of benzene rings is 1. The normalized spacial score (nSPS) is 15.1. The fourth-order valence-corrected chi connectivity index (χ4v) is 3.66. The van der Waals surface area contributed by atoms with Crippen LogP contribution < -0.4 is 4.80 Å². The van der Waals surface area contributed by atoms with E-state index < -0.39 is 0 Å². The number of rotatable bonds is 4. The molecule has 0 radical (unpaired) electrons. The van der Waals surface area contributed by atoms with Gasteiger partial charge in [-0.3, -0.25) is 4.79 Å². The molecule has 1 aromatic carbocycles. The number of aromatic nitrogens is 1. The first kappa shape index (κ1) is 16.5. The summed E-state index contributed by atoms with van der Waals surface area (Å²) in [5.74, 6) is 2.20. The highest BCUT2D eigenvalue weighted by Crippen LogP contribution is 2.27. The number of thiazole rings is 1. The zero-order chi connectivity index (χ0) is 17.1. The maximum Gasteiger partial charge on any atom is 0.338 e. The van der Waals surface area contributed by atoms with Gasteiger partial charge in [-0.25, -0.2) is 4.79 Å². The molecule has 1 amide bonds. The first-order chi connectivity index (χ1) is 11.6. The molecule has 0 spiro atoms. The van der Waals surface area contributed by atoms with Crippen LogP contribution in [-0.2, 0) is 16.1 Å². The molecular weight excluding hydrogens is 324 g/mol. The SMILES string of the molecule is C#CCn1c(=NC(=O)C2CCC2)sc2cc(C(=O)OCC)ccc21. The van der Waals surface area contributed by atoms with Crippen LogP contribution in [0.1, 0.15) is 36.5 Å². The van der Waals surface area contributed by atoms with Crippen LogP contribution in [0.3, 0.4) is 0 Å². The lowest BCUT2D eigenvalue weighted by molar-refractivity contribution is -0.124. The van der Waals surface area contributed by atoms with Gasteiger partial charge in [0.15, 0.2) is 4.80 Å². The second kappa shape index (κ2) is 7.02. The molecule has 124 valence electrons. The van der Waals surface area contributed by atoms with Crippen molar-refractivity contribution in [3.63, 3.8) is 0 Å². The number of esters is 1. The van der Waals surface area contributed by atoms with E-state index in [1.165, 1.54) is 11.3 Å². The van der Waals surface area contributed by atoms with E-state index >= 15 is 0 Å². The van der Waals surface area contributed by atoms with Crippen molar-refractivity contribution in [3.05, 3.63) is 28.6 Å². The molecule has 1 fully saturated rings. The molecule has 0 bridgehead atoms. The lowest BCUT2D eigenvalue weighted by Crippen LogP contribution is -2.24. The molecule has 0 atom stereocenters. The molecule has 1 aliphatic rings. The van der Waals surface area contributed by atoms with Crippen LogP contribution in [-0.4, -0.2) is 23.1 Å². The molecule has 0 aliphatic heterocycles. The van der Waals surface area contributed by atoms with Gasteiger partial charge < -0.3 is 9.30 Å². The van der Waals surface area contributed by atoms with Gasteiger partial charge in [0.25, 0.3) is 5.91 Å². The second-order valence-electron chi connectivity index (χ2n) is 5.66. The van der Waals surface area contributed by atoms with Crippen LogP contribution >= 0.6 is 11.3 Å². The largest absolute Gasteiger partial charge is 0.462 e. The predicted molar refractivity (Wildman–Crippen MR) is 92.5 cm³/mol. The van der Waals surface area contributed by atoms with Crippen molar-refractivity contribution >= 4 is 33.4 Å². The topological polar surface area (TPSA) is 60.7 Å². The van der Waals surface area contributed by atoms with E-state index in [1.54, 1.807) is 19.1 Å². The first-order valence-electron chi connectivity index (χ1n) is 7.96. The quantitative estimate of drug-likeness (QED) is 0.634. The monoisotopic (exact) mass is 342 g/mol. The Morgan fingerprint density at radius 1 is 1.46 bits per heavy atom. The summed E-state index contributed by atoms with van der Waals surface area (Å²) in [6.07, 6.45) is 8.37. The maximum absolute atomic E-state index is 12.2. The summed E-state index contributed by atoms with van der Waals surface area (Å²) >= 11 is 1.37. The summed E-state index contributed by atoms with van der Waals surface area (Å²) in [6, 6.07) is 5.29. The number of ether oxygens (including phenoxy) is 1. The van der Waals surface area contributed by atoms with Crippen LogP contribution in [0.4, 0.5) is 0 Å². The lowest BCUT2D eigenvalue weighted by Gasteiger charge is -2.20. The second-order valence-corrected chi connectivity index (χ2v) is 6.66. The highest BCUT2D eigenvalue weighted by atomic mass is 32.1. The summed E-state index contributed by atoms with van der Waals surface area (Å²) in [7, 11) is 0. The summed E-state index contributed by atoms with van der Waals surface area (Å²) < 4.78 is 7.72. The average Bonchev–Trinajstić information content (AvgIpc) is 2.83. The Morgan fingerprint density at radius 2 is 2.25 bits per heavy atom. The van der Waals surface area contributed by atoms with Gasteiger partial charge in [0.1, 0.15) is 0 Å². The minimum absolute atomic E-state index is 0.0459. The molecular formula is C18H18N2O3S. The van der Waals surface area contributed by atoms with Crippen LogP contribution in [0.2, 0.25) is 0 Å². The molecule has 3 rings (SSSR count). The van der Waals surface area contributed by atoms with E-state index in [0.29, 0.717) is 23.5 Å². The lowest BCUT2D eigenvalue weighted by atomic mass is 9.85. The Hall–Kier alpha value is -2.39. The zero-order valence-corrected chi connectivity index (χ0v) is 14.3. The summed E-state index contributed by atoms with van der Waals surface area (Å²) in [5, 5.41) is 0. The standard InChI is InChI=1S/C18H18N2O3S/c1-3-10-20-14-9-8-13(17(22)23-4-2)11-15(14)24-18(20)19-16(21)12-6-5-7-12/h1,8-9,11-12H,4-7,10H2,2H3. The summed E-state index contributed by atoms with van der Waals surface area (Å²) in [5.41, 5.74) is 1.35. The van der Waals surface area contributed by atoms with Crippen molar-refractivity contribution in [2.75, 3.05) is 6.61 Å². The van der Waals surface area contributed by atoms with Gasteiger partial charge in [-0.2, -0.15) is 4.99 Å². The number of carbonyl (C=O) groups is 2. The molecule has 0 unspecified atom stereocenters. The van der Waals surface area contributed by atoms with Crippen molar-refractivity contribution in [2.45, 2.75) is 32.7 Å². The zero-order valence-electron chi connectivity index (χ0n) is 13.4. The Labute approximate surface area is 144 Å². The molecule has 2 aromatic rings. The number of terminal acetylenes is 1. The first-order valence-corrected chi connectivity index (χ1v) is 8.78. The highest BCUT2D eigenvalue weighted by molar-refractivity contribution is 7.16. The summed E-state index contributed by atoms with van der Waals surface area (Å²) in [6.45, 7) is 2.43. The van der Waals surface area contributed by atoms with Gasteiger partial charge in [0, 0.05) is 5.92 Å². The van der Waals surface area contributed by atoms with Gasteiger partial charge in [0.05, 0.1) is 28.9 Å². The minimum Gasteiger partial charge on any atom is -0.462 e. The number of nitrogens with zero attached hydrogens (tertiary/aromatic N) is 2. The molecule has 24 heavy (non-hydrogen) atoms. The van der Waals surface area contributed by atoms with E-state index in [4.69, 9.17) is 11.2 Å². The van der Waals surface area contributed by atoms with E-state index in [1.807, 2.05) is 10.6 Å². The third kappa shape index (κ3) is 3.13. The van der Waals surface area contributed by atoms with Gasteiger partial charge in [-0.05, 0) is 38.0 Å². The third-order valence-corrected chi connectivity index (χ3v) is 5.14. The Kier molecular flexibility index (Phi) is 4.81. The average molecular weight is 342 g/mol. The molecule has 1 aromatic heterocycles. The molecule has 6 heteroatoms.